The van der Waals surface area contributed by atoms with Crippen LogP contribution in [0.25, 0.3) is 22.3 Å². The fourth-order valence-corrected chi connectivity index (χ4v) is 3.96. The number of nitrogens with one attached hydrogen (secondary N) is 3. The highest BCUT2D eigenvalue weighted by molar-refractivity contribution is 7.10. The van der Waals surface area contributed by atoms with Crippen LogP contribution < -0.4 is 10.6 Å². The number of aromatic nitrogens is 6. The first-order valence-corrected chi connectivity index (χ1v) is 10.3. The molecule has 9 nitrogen and oxygen atoms in total. The molecule has 3 N–H and O–H groups in total. The Kier molecular flexibility index (Phi) is 4.85. The van der Waals surface area contributed by atoms with Gasteiger partial charge in [0.15, 0.2) is 11.6 Å². The smallest absolute Gasteiger partial charge is 0.291 e. The van der Waals surface area contributed by atoms with E-state index in [2.05, 4.69) is 35.2 Å². The van der Waals surface area contributed by atoms with Gasteiger partial charge in [-0.05, 0) is 24.3 Å². The molecule has 0 saturated heterocycles. The summed E-state index contributed by atoms with van der Waals surface area (Å²) in [5.41, 5.74) is 2.98. The Balaban J connectivity index is 1.36. The minimum absolute atomic E-state index is 0.289. The van der Waals surface area contributed by atoms with E-state index in [1.165, 1.54) is 11.5 Å². The van der Waals surface area contributed by atoms with Gasteiger partial charge in [-0.1, -0.05) is 23.7 Å². The van der Waals surface area contributed by atoms with Crippen molar-refractivity contribution in [3.8, 4) is 11.4 Å². The number of benzene rings is 2. The van der Waals surface area contributed by atoms with Gasteiger partial charge in [0, 0.05) is 47.6 Å². The summed E-state index contributed by atoms with van der Waals surface area (Å²) in [5, 5.41) is 14.9. The molecule has 0 aliphatic carbocycles. The lowest BCUT2D eigenvalue weighted by Crippen LogP contribution is -2.16. The van der Waals surface area contributed by atoms with Crippen LogP contribution in [0.4, 0.5) is 16.5 Å². The number of H-pyrrole nitrogens is 1. The highest BCUT2D eigenvalue weighted by Gasteiger charge is 2.14. The van der Waals surface area contributed by atoms with Crippen molar-refractivity contribution in [2.75, 3.05) is 10.6 Å². The van der Waals surface area contributed by atoms with Crippen molar-refractivity contribution in [2.45, 2.75) is 0 Å². The number of anilines is 3. The van der Waals surface area contributed by atoms with Gasteiger partial charge >= 0.3 is 0 Å². The summed E-state index contributed by atoms with van der Waals surface area (Å²) in [5.74, 6) is 0.582. The van der Waals surface area contributed by atoms with E-state index in [0.29, 0.717) is 33.2 Å². The molecule has 0 atom stereocenters. The van der Waals surface area contributed by atoms with Gasteiger partial charge in [-0.3, -0.25) is 9.89 Å². The van der Waals surface area contributed by atoms with E-state index in [1.807, 2.05) is 30.3 Å². The van der Waals surface area contributed by atoms with Crippen LogP contribution in [-0.4, -0.2) is 35.0 Å². The zero-order valence-electron chi connectivity index (χ0n) is 16.1. The Morgan fingerprint density at radius 1 is 1.26 bits per heavy atom. The molecule has 0 saturated carbocycles. The van der Waals surface area contributed by atoms with E-state index in [9.17, 15) is 4.79 Å². The highest BCUT2D eigenvalue weighted by atomic mass is 35.5. The van der Waals surface area contributed by atoms with Gasteiger partial charge in [-0.25, -0.2) is 4.98 Å². The lowest BCUT2D eigenvalue weighted by molar-refractivity contribution is 0.101. The summed E-state index contributed by atoms with van der Waals surface area (Å²) < 4.78 is 6.08. The van der Waals surface area contributed by atoms with E-state index in [-0.39, 0.29) is 5.91 Å². The molecule has 2 aromatic carbocycles. The van der Waals surface area contributed by atoms with Gasteiger partial charge < -0.3 is 15.2 Å². The molecule has 0 radical (unpaired) electrons. The third kappa shape index (κ3) is 3.74. The number of carbonyl (C=O) groups excluding carboxylic acids is 1. The van der Waals surface area contributed by atoms with Gasteiger partial charge in [0.2, 0.25) is 5.13 Å². The number of carbonyl (C=O) groups is 1. The Morgan fingerprint density at radius 3 is 3.00 bits per heavy atom. The maximum absolute atomic E-state index is 12.4. The Bertz CT molecular complexity index is 1410. The van der Waals surface area contributed by atoms with Crippen LogP contribution in [0.1, 0.15) is 10.6 Å². The first-order chi connectivity index (χ1) is 15.1. The van der Waals surface area contributed by atoms with Crippen molar-refractivity contribution in [3.63, 3.8) is 0 Å². The van der Waals surface area contributed by atoms with Crippen molar-refractivity contribution in [1.82, 2.24) is 29.1 Å². The summed E-state index contributed by atoms with van der Waals surface area (Å²) in [6.07, 6.45) is 4.98. The minimum atomic E-state index is -0.289. The zero-order chi connectivity index (χ0) is 21.4. The first kappa shape index (κ1) is 19.2. The molecule has 154 valence electrons. The first-order valence-electron chi connectivity index (χ1n) is 9.20. The monoisotopic (exact) mass is 450 g/mol. The minimum Gasteiger partial charge on any atom is -0.330 e. The second kappa shape index (κ2) is 7.82. The number of halogens is 1. The molecule has 5 rings (SSSR count). The number of fused-ring (bicyclic) bond motifs is 1. The Morgan fingerprint density at radius 2 is 2.16 bits per heavy atom. The molecule has 0 bridgehead atoms. The van der Waals surface area contributed by atoms with E-state index >= 15 is 0 Å². The summed E-state index contributed by atoms with van der Waals surface area (Å²) in [7, 11) is 1.77. The summed E-state index contributed by atoms with van der Waals surface area (Å²) in [6.45, 7) is 0. The molecule has 0 spiro atoms. The molecule has 3 aromatic heterocycles. The number of imidazole rings is 1. The van der Waals surface area contributed by atoms with Crippen molar-refractivity contribution in [1.29, 1.82) is 0 Å². The van der Waals surface area contributed by atoms with Crippen LogP contribution in [0.3, 0.4) is 0 Å². The lowest BCUT2D eigenvalue weighted by Gasteiger charge is -2.06. The van der Waals surface area contributed by atoms with Crippen LogP contribution in [0.5, 0.6) is 0 Å². The molecule has 11 heteroatoms. The molecular formula is C20H15ClN8OS. The average molecular weight is 451 g/mol. The van der Waals surface area contributed by atoms with E-state index in [4.69, 9.17) is 11.6 Å². The number of aromatic amines is 1. The van der Waals surface area contributed by atoms with E-state index < -0.39 is 0 Å². The average Bonchev–Trinajstić information content (AvgIpc) is 3.51. The number of hydrogen-bond acceptors (Lipinski definition) is 7. The quantitative estimate of drug-likeness (QED) is 0.364. The van der Waals surface area contributed by atoms with Crippen molar-refractivity contribution in [3.05, 3.63) is 65.8 Å². The Labute approximate surface area is 185 Å². The standard InChI is InChI=1S/C20H15ClN8OS/c1-29-8-7-22-18(29)19(30)24-12-4-2-3-11(9-12)17-26-20(31-28-17)25-15-6-5-14-13(16(15)21)10-23-27-14/h2-10H,1H3,(H,23,27)(H,24,30)(H,25,26,28). The number of rotatable bonds is 5. The maximum Gasteiger partial charge on any atom is 0.291 e. The third-order valence-corrected chi connectivity index (χ3v) is 5.67. The van der Waals surface area contributed by atoms with Crippen LogP contribution in [0, 0.1) is 0 Å². The summed E-state index contributed by atoms with van der Waals surface area (Å²) in [6, 6.07) is 11.1. The third-order valence-electron chi connectivity index (χ3n) is 4.63. The predicted octanol–water partition coefficient (Wildman–Crippen LogP) is 4.46. The van der Waals surface area contributed by atoms with E-state index in [1.54, 1.807) is 36.3 Å². The number of nitrogens with zero attached hydrogens (tertiary/aromatic N) is 5. The van der Waals surface area contributed by atoms with Crippen LogP contribution >= 0.6 is 23.1 Å². The number of amides is 1. The molecule has 5 aromatic rings. The molecule has 0 unspecified atom stereocenters. The SMILES string of the molecule is Cn1ccnc1C(=O)Nc1cccc(-c2nsc(Nc3ccc4[nH]ncc4c3Cl)n2)c1. The lowest BCUT2D eigenvalue weighted by atomic mass is 10.2. The number of hydrogen-bond donors (Lipinski definition) is 3. The van der Waals surface area contributed by atoms with Gasteiger partial charge in [-0.2, -0.15) is 14.5 Å². The molecule has 0 aliphatic rings. The van der Waals surface area contributed by atoms with Crippen LogP contribution in [0.2, 0.25) is 5.02 Å². The zero-order valence-corrected chi connectivity index (χ0v) is 17.7. The fourth-order valence-electron chi connectivity index (χ4n) is 3.09. The van der Waals surface area contributed by atoms with Crippen LogP contribution in [-0.2, 0) is 7.05 Å². The normalized spacial score (nSPS) is 11.0. The fraction of sp³-hybridized carbons (Fsp3) is 0.0500. The second-order valence-electron chi connectivity index (χ2n) is 6.70. The molecule has 3 heterocycles. The van der Waals surface area contributed by atoms with Crippen LogP contribution in [0.15, 0.2) is 55.0 Å². The molecule has 0 fully saturated rings. The molecule has 31 heavy (non-hydrogen) atoms. The van der Waals surface area contributed by atoms with Gasteiger partial charge in [-0.15, -0.1) is 0 Å². The Hall–Kier alpha value is -3.76. The predicted molar refractivity (Wildman–Crippen MR) is 121 cm³/mol. The molecule has 1 amide bonds. The molecule has 0 aliphatic heterocycles. The maximum atomic E-state index is 12.4. The van der Waals surface area contributed by atoms with Gasteiger partial charge in [0.25, 0.3) is 5.91 Å². The second-order valence-corrected chi connectivity index (χ2v) is 7.83. The van der Waals surface area contributed by atoms with E-state index in [0.717, 1.165) is 16.5 Å². The largest absolute Gasteiger partial charge is 0.330 e. The van der Waals surface area contributed by atoms with Gasteiger partial charge in [0.05, 0.1) is 22.4 Å². The van der Waals surface area contributed by atoms with Crippen molar-refractivity contribution in [2.24, 2.45) is 7.05 Å². The molecular weight excluding hydrogens is 436 g/mol. The van der Waals surface area contributed by atoms with Gasteiger partial charge in [0.1, 0.15) is 0 Å². The summed E-state index contributed by atoms with van der Waals surface area (Å²) >= 11 is 7.69. The number of aryl methyl sites for hydroxylation is 1. The highest BCUT2D eigenvalue weighted by Crippen LogP contribution is 2.33. The van der Waals surface area contributed by atoms with Crippen molar-refractivity contribution < 1.29 is 4.79 Å². The topological polar surface area (TPSA) is 113 Å². The summed E-state index contributed by atoms with van der Waals surface area (Å²) in [4.78, 5) is 21.0. The van der Waals surface area contributed by atoms with Crippen molar-refractivity contribution >= 4 is 56.4 Å².